The third-order valence-electron chi connectivity index (χ3n) is 2.22. The standard InChI is InChI=1S/C13H18N2O2.ClH/c1-3-8-17-12-7-5-4-6-11(12)13(16)15-10(2)9-14;/h3-7,10H,1,8-9,14H2,2H3,(H,15,16);1H/t10-;/m0./s1. The molecule has 0 aliphatic heterocycles. The fourth-order valence-corrected chi connectivity index (χ4v) is 1.29. The Morgan fingerprint density at radius 1 is 1.56 bits per heavy atom. The first kappa shape index (κ1) is 16.5. The van der Waals surface area contributed by atoms with Crippen LogP contribution in [0.25, 0.3) is 0 Å². The Bertz CT molecular complexity index is 396. The molecule has 0 aliphatic carbocycles. The smallest absolute Gasteiger partial charge is 0.255 e. The van der Waals surface area contributed by atoms with Gasteiger partial charge in [-0.05, 0) is 19.1 Å². The molecule has 4 nitrogen and oxygen atoms in total. The quantitative estimate of drug-likeness (QED) is 0.774. The lowest BCUT2D eigenvalue weighted by atomic mass is 10.1. The lowest BCUT2D eigenvalue weighted by molar-refractivity contribution is 0.0937. The summed E-state index contributed by atoms with van der Waals surface area (Å²) in [5, 5.41) is 2.79. The summed E-state index contributed by atoms with van der Waals surface area (Å²) in [4.78, 5) is 11.9. The normalized spacial score (nSPS) is 11.0. The highest BCUT2D eigenvalue weighted by Crippen LogP contribution is 2.17. The minimum atomic E-state index is -0.178. The summed E-state index contributed by atoms with van der Waals surface area (Å²) in [7, 11) is 0. The largest absolute Gasteiger partial charge is 0.489 e. The maximum atomic E-state index is 11.9. The van der Waals surface area contributed by atoms with E-state index in [1.165, 1.54) is 0 Å². The number of carbonyl (C=O) groups is 1. The number of ether oxygens (including phenoxy) is 1. The van der Waals surface area contributed by atoms with E-state index in [9.17, 15) is 4.79 Å². The molecular weight excluding hydrogens is 252 g/mol. The van der Waals surface area contributed by atoms with Gasteiger partial charge in [-0.25, -0.2) is 0 Å². The van der Waals surface area contributed by atoms with Crippen molar-refractivity contribution in [1.29, 1.82) is 0 Å². The average molecular weight is 271 g/mol. The van der Waals surface area contributed by atoms with Gasteiger partial charge >= 0.3 is 0 Å². The predicted octanol–water partition coefficient (Wildman–Crippen LogP) is 1.75. The maximum absolute atomic E-state index is 11.9. The first-order chi connectivity index (χ1) is 8.19. The van der Waals surface area contributed by atoms with Crippen molar-refractivity contribution < 1.29 is 9.53 Å². The Hall–Kier alpha value is -1.52. The molecule has 5 heteroatoms. The summed E-state index contributed by atoms with van der Waals surface area (Å²) in [6, 6.07) is 7.03. The van der Waals surface area contributed by atoms with Crippen LogP contribution in [0.1, 0.15) is 17.3 Å². The monoisotopic (exact) mass is 270 g/mol. The summed E-state index contributed by atoms with van der Waals surface area (Å²) in [6.07, 6.45) is 1.64. The average Bonchev–Trinajstić information content (AvgIpc) is 2.36. The summed E-state index contributed by atoms with van der Waals surface area (Å²) in [5.41, 5.74) is 5.97. The number of rotatable bonds is 6. The van der Waals surface area contributed by atoms with Crippen molar-refractivity contribution in [3.05, 3.63) is 42.5 Å². The fourth-order valence-electron chi connectivity index (χ4n) is 1.29. The molecule has 0 saturated heterocycles. The van der Waals surface area contributed by atoms with Crippen LogP contribution >= 0.6 is 12.4 Å². The highest BCUT2D eigenvalue weighted by atomic mass is 35.5. The zero-order valence-corrected chi connectivity index (χ0v) is 11.2. The van der Waals surface area contributed by atoms with Crippen molar-refractivity contribution in [2.45, 2.75) is 13.0 Å². The summed E-state index contributed by atoms with van der Waals surface area (Å²) in [6.45, 7) is 6.20. The van der Waals surface area contributed by atoms with Crippen molar-refractivity contribution in [3.63, 3.8) is 0 Å². The van der Waals surface area contributed by atoms with E-state index in [2.05, 4.69) is 11.9 Å². The highest BCUT2D eigenvalue weighted by Gasteiger charge is 2.13. The van der Waals surface area contributed by atoms with Crippen molar-refractivity contribution in [2.75, 3.05) is 13.2 Å². The number of hydrogen-bond acceptors (Lipinski definition) is 3. The molecular formula is C13H19ClN2O2. The molecule has 0 aromatic heterocycles. The van der Waals surface area contributed by atoms with Gasteiger partial charge in [-0.3, -0.25) is 4.79 Å². The Morgan fingerprint density at radius 2 is 2.22 bits per heavy atom. The van der Waals surface area contributed by atoms with Crippen LogP contribution in [-0.2, 0) is 0 Å². The topological polar surface area (TPSA) is 64.3 Å². The first-order valence-corrected chi connectivity index (χ1v) is 5.52. The number of nitrogens with two attached hydrogens (primary N) is 1. The number of para-hydroxylation sites is 1. The molecule has 100 valence electrons. The molecule has 0 bridgehead atoms. The van der Waals surface area contributed by atoms with E-state index < -0.39 is 0 Å². The fraction of sp³-hybridized carbons (Fsp3) is 0.308. The molecule has 0 aliphatic rings. The van der Waals surface area contributed by atoms with Gasteiger partial charge < -0.3 is 15.8 Å². The Kier molecular flexibility index (Phi) is 7.83. The van der Waals surface area contributed by atoms with E-state index in [1.807, 2.05) is 13.0 Å². The van der Waals surface area contributed by atoms with Gasteiger partial charge in [-0.1, -0.05) is 24.8 Å². The molecule has 1 rings (SSSR count). The van der Waals surface area contributed by atoms with E-state index in [-0.39, 0.29) is 24.4 Å². The summed E-state index contributed by atoms with van der Waals surface area (Å²) >= 11 is 0. The molecule has 1 amide bonds. The molecule has 0 heterocycles. The number of halogens is 1. The number of amides is 1. The molecule has 0 spiro atoms. The van der Waals surface area contributed by atoms with Crippen LogP contribution in [0, 0.1) is 0 Å². The number of benzene rings is 1. The zero-order valence-electron chi connectivity index (χ0n) is 10.4. The lowest BCUT2D eigenvalue weighted by Gasteiger charge is -2.13. The van der Waals surface area contributed by atoms with Crippen LogP contribution in [0.4, 0.5) is 0 Å². The number of carbonyl (C=O) groups excluding carboxylic acids is 1. The molecule has 0 saturated carbocycles. The zero-order chi connectivity index (χ0) is 12.7. The van der Waals surface area contributed by atoms with Gasteiger partial charge in [0.25, 0.3) is 5.91 Å². The third kappa shape index (κ3) is 4.77. The van der Waals surface area contributed by atoms with Gasteiger partial charge in [0.1, 0.15) is 12.4 Å². The molecule has 3 N–H and O–H groups in total. The molecule has 0 radical (unpaired) electrons. The Morgan fingerprint density at radius 3 is 2.83 bits per heavy atom. The van der Waals surface area contributed by atoms with Crippen molar-refractivity contribution >= 4 is 18.3 Å². The molecule has 18 heavy (non-hydrogen) atoms. The first-order valence-electron chi connectivity index (χ1n) is 5.52. The highest BCUT2D eigenvalue weighted by molar-refractivity contribution is 5.97. The second kappa shape index (κ2) is 8.55. The van der Waals surface area contributed by atoms with E-state index in [0.717, 1.165) is 0 Å². The van der Waals surface area contributed by atoms with Gasteiger partial charge in [-0.2, -0.15) is 0 Å². The van der Waals surface area contributed by atoms with Gasteiger partial charge in [0.15, 0.2) is 0 Å². The molecule has 0 fully saturated rings. The molecule has 1 atom stereocenters. The van der Waals surface area contributed by atoms with Crippen LogP contribution in [0.15, 0.2) is 36.9 Å². The number of nitrogens with one attached hydrogen (secondary N) is 1. The van der Waals surface area contributed by atoms with Crippen molar-refractivity contribution in [1.82, 2.24) is 5.32 Å². The second-order valence-corrected chi connectivity index (χ2v) is 3.71. The Labute approximate surface area is 114 Å². The molecule has 1 aromatic rings. The minimum absolute atomic E-state index is 0. The SMILES string of the molecule is C=CCOc1ccccc1C(=O)N[C@@H](C)CN.Cl. The summed E-state index contributed by atoms with van der Waals surface area (Å²) in [5.74, 6) is 0.372. The van der Waals surface area contributed by atoms with E-state index in [1.54, 1.807) is 24.3 Å². The van der Waals surface area contributed by atoms with Crippen LogP contribution in [0.2, 0.25) is 0 Å². The van der Waals surface area contributed by atoms with Gasteiger partial charge in [-0.15, -0.1) is 12.4 Å². The van der Waals surface area contributed by atoms with Gasteiger partial charge in [0, 0.05) is 12.6 Å². The minimum Gasteiger partial charge on any atom is -0.489 e. The third-order valence-corrected chi connectivity index (χ3v) is 2.22. The lowest BCUT2D eigenvalue weighted by Crippen LogP contribution is -2.37. The maximum Gasteiger partial charge on any atom is 0.255 e. The van der Waals surface area contributed by atoms with E-state index in [0.29, 0.717) is 24.5 Å². The van der Waals surface area contributed by atoms with E-state index >= 15 is 0 Å². The van der Waals surface area contributed by atoms with Gasteiger partial charge in [0.2, 0.25) is 0 Å². The van der Waals surface area contributed by atoms with Crippen LogP contribution in [0.3, 0.4) is 0 Å². The molecule has 0 unspecified atom stereocenters. The number of hydrogen-bond donors (Lipinski definition) is 2. The van der Waals surface area contributed by atoms with Crippen molar-refractivity contribution in [3.8, 4) is 5.75 Å². The Balaban J connectivity index is 0.00000289. The van der Waals surface area contributed by atoms with Crippen LogP contribution in [-0.4, -0.2) is 25.1 Å². The van der Waals surface area contributed by atoms with Gasteiger partial charge in [0.05, 0.1) is 5.56 Å². The second-order valence-electron chi connectivity index (χ2n) is 3.71. The predicted molar refractivity (Wildman–Crippen MR) is 75.4 cm³/mol. The summed E-state index contributed by atoms with van der Waals surface area (Å²) < 4.78 is 5.41. The van der Waals surface area contributed by atoms with Crippen molar-refractivity contribution in [2.24, 2.45) is 5.73 Å². The van der Waals surface area contributed by atoms with Crippen LogP contribution in [0.5, 0.6) is 5.75 Å². The molecule has 1 aromatic carbocycles. The van der Waals surface area contributed by atoms with Crippen LogP contribution < -0.4 is 15.8 Å². The van der Waals surface area contributed by atoms with E-state index in [4.69, 9.17) is 10.5 Å².